The third kappa shape index (κ3) is 4.10. The van der Waals surface area contributed by atoms with E-state index in [1.54, 1.807) is 60.7 Å². The topological polar surface area (TPSA) is 68.3 Å². The lowest BCUT2D eigenvalue weighted by atomic mass is 10.2. The van der Waals surface area contributed by atoms with Crippen LogP contribution in [-0.2, 0) is 0 Å². The van der Waals surface area contributed by atoms with Gasteiger partial charge in [-0.1, -0.05) is 46.9 Å². The zero-order chi connectivity index (χ0) is 22.2. The minimum atomic E-state index is -0.443. The van der Waals surface area contributed by atoms with Crippen molar-refractivity contribution >= 4 is 57.5 Å². The van der Waals surface area contributed by atoms with Crippen LogP contribution < -0.4 is 5.32 Å². The molecular weight excluding hydrogens is 471 g/mol. The highest BCUT2D eigenvalue weighted by Crippen LogP contribution is 2.32. The number of carbonyl (C=O) groups is 1. The Bertz CT molecular complexity index is 1470. The molecule has 0 radical (unpaired) electrons. The summed E-state index contributed by atoms with van der Waals surface area (Å²) in [5, 5.41) is 4.28. The normalized spacial score (nSPS) is 11.1. The molecule has 0 aliphatic rings. The average Bonchev–Trinajstić information content (AvgIpc) is 3.42. The minimum absolute atomic E-state index is 0.137. The van der Waals surface area contributed by atoms with Gasteiger partial charge in [-0.25, -0.2) is 4.98 Å². The molecule has 32 heavy (non-hydrogen) atoms. The zero-order valence-electron chi connectivity index (χ0n) is 16.2. The second-order valence-corrected chi connectivity index (χ2v) is 8.23. The average molecular weight is 484 g/mol. The van der Waals surface area contributed by atoms with Gasteiger partial charge in [0.1, 0.15) is 11.3 Å². The maximum absolute atomic E-state index is 12.8. The Kier molecular flexibility index (Phi) is 5.39. The molecule has 0 saturated carbocycles. The Labute approximate surface area is 197 Å². The van der Waals surface area contributed by atoms with Crippen LogP contribution >= 0.6 is 34.8 Å². The second-order valence-electron chi connectivity index (χ2n) is 6.95. The van der Waals surface area contributed by atoms with Crippen molar-refractivity contribution in [2.24, 2.45) is 0 Å². The molecule has 0 atom stereocenters. The van der Waals surface area contributed by atoms with Crippen LogP contribution in [0, 0.1) is 0 Å². The molecule has 0 saturated heterocycles. The van der Waals surface area contributed by atoms with Crippen molar-refractivity contribution in [1.29, 1.82) is 0 Å². The number of aromatic nitrogens is 1. The summed E-state index contributed by atoms with van der Waals surface area (Å²) in [6.45, 7) is 0. The van der Waals surface area contributed by atoms with E-state index in [1.165, 1.54) is 0 Å². The Morgan fingerprint density at radius 2 is 1.66 bits per heavy atom. The highest BCUT2D eigenvalue weighted by atomic mass is 35.5. The molecule has 0 aliphatic heterocycles. The molecule has 2 heterocycles. The Morgan fingerprint density at radius 3 is 2.50 bits per heavy atom. The number of amides is 1. The lowest BCUT2D eigenvalue weighted by Crippen LogP contribution is -2.11. The van der Waals surface area contributed by atoms with Crippen LogP contribution in [0.25, 0.3) is 33.9 Å². The molecular formula is C24H13Cl3N2O3. The van der Waals surface area contributed by atoms with Gasteiger partial charge < -0.3 is 14.2 Å². The minimum Gasteiger partial charge on any atom is -0.451 e. The lowest BCUT2D eigenvalue weighted by molar-refractivity contribution is 0.0997. The fourth-order valence-electron chi connectivity index (χ4n) is 3.22. The van der Waals surface area contributed by atoms with Gasteiger partial charge in [0.05, 0.1) is 10.7 Å². The van der Waals surface area contributed by atoms with E-state index < -0.39 is 5.91 Å². The molecule has 158 valence electrons. The summed E-state index contributed by atoms with van der Waals surface area (Å²) in [7, 11) is 0. The molecule has 0 aliphatic carbocycles. The first kappa shape index (κ1) is 20.6. The zero-order valence-corrected chi connectivity index (χ0v) is 18.5. The quantitative estimate of drug-likeness (QED) is 0.281. The second kappa shape index (κ2) is 8.36. The predicted molar refractivity (Wildman–Crippen MR) is 127 cm³/mol. The smallest absolute Gasteiger partial charge is 0.291 e. The summed E-state index contributed by atoms with van der Waals surface area (Å²) in [5.74, 6) is 0.609. The van der Waals surface area contributed by atoms with Crippen LogP contribution in [-0.4, -0.2) is 10.9 Å². The highest BCUT2D eigenvalue weighted by Gasteiger charge is 2.16. The first-order valence-electron chi connectivity index (χ1n) is 9.49. The van der Waals surface area contributed by atoms with E-state index in [0.717, 1.165) is 5.56 Å². The van der Waals surface area contributed by atoms with Gasteiger partial charge in [-0.15, -0.1) is 0 Å². The van der Waals surface area contributed by atoms with Crippen LogP contribution in [0.15, 0.2) is 81.6 Å². The molecule has 8 heteroatoms. The number of nitrogens with zero attached hydrogens (tertiary/aromatic N) is 1. The van der Waals surface area contributed by atoms with Crippen LogP contribution in [0.3, 0.4) is 0 Å². The maximum Gasteiger partial charge on any atom is 0.291 e. The fraction of sp³-hybridized carbons (Fsp3) is 0. The summed E-state index contributed by atoms with van der Waals surface area (Å²) in [4.78, 5) is 17.2. The third-order valence-corrected chi connectivity index (χ3v) is 5.55. The standard InChI is InChI=1S/C24H13Cl3N2O3/c25-15-3-1-2-13(10-15)20-8-9-22(31-20)23(30)28-18-11-14(4-6-17(18)27)24-29-19-12-16(26)5-7-21(19)32-24/h1-12H,(H,28,30). The first-order chi connectivity index (χ1) is 15.5. The van der Waals surface area contributed by atoms with Gasteiger partial charge in [0.15, 0.2) is 11.3 Å². The number of nitrogens with one attached hydrogen (secondary N) is 1. The van der Waals surface area contributed by atoms with E-state index in [2.05, 4.69) is 10.3 Å². The molecule has 5 nitrogen and oxygen atoms in total. The van der Waals surface area contributed by atoms with Crippen molar-refractivity contribution in [3.63, 3.8) is 0 Å². The van der Waals surface area contributed by atoms with Crippen LogP contribution in [0.2, 0.25) is 15.1 Å². The van der Waals surface area contributed by atoms with E-state index >= 15 is 0 Å². The Hall–Kier alpha value is -3.25. The van der Waals surface area contributed by atoms with E-state index in [4.69, 9.17) is 43.6 Å². The van der Waals surface area contributed by atoms with Gasteiger partial charge in [0.25, 0.3) is 5.91 Å². The van der Waals surface area contributed by atoms with Crippen molar-refractivity contribution in [3.8, 4) is 22.8 Å². The first-order valence-corrected chi connectivity index (χ1v) is 10.6. The molecule has 5 aromatic rings. The van der Waals surface area contributed by atoms with Crippen molar-refractivity contribution in [2.75, 3.05) is 5.32 Å². The molecule has 3 aromatic carbocycles. The largest absolute Gasteiger partial charge is 0.451 e. The molecule has 0 fully saturated rings. The van der Waals surface area contributed by atoms with Crippen LogP contribution in [0.4, 0.5) is 5.69 Å². The number of fused-ring (bicyclic) bond motifs is 1. The van der Waals surface area contributed by atoms with Gasteiger partial charge in [-0.05, 0) is 60.7 Å². The van der Waals surface area contributed by atoms with Crippen LogP contribution in [0.1, 0.15) is 10.6 Å². The highest BCUT2D eigenvalue weighted by molar-refractivity contribution is 6.34. The number of carbonyl (C=O) groups excluding carboxylic acids is 1. The fourth-order valence-corrected chi connectivity index (χ4v) is 3.74. The maximum atomic E-state index is 12.8. The van der Waals surface area contributed by atoms with Gasteiger partial charge in [-0.3, -0.25) is 4.79 Å². The number of furan rings is 1. The number of halogens is 3. The number of hydrogen-bond donors (Lipinski definition) is 1. The summed E-state index contributed by atoms with van der Waals surface area (Å²) < 4.78 is 11.5. The van der Waals surface area contributed by atoms with Crippen molar-refractivity contribution in [2.45, 2.75) is 0 Å². The SMILES string of the molecule is O=C(Nc1cc(-c2nc3cc(Cl)ccc3o2)ccc1Cl)c1ccc(-c2cccc(Cl)c2)o1. The summed E-state index contributed by atoms with van der Waals surface area (Å²) in [6.07, 6.45) is 0. The Morgan fingerprint density at radius 1 is 0.812 bits per heavy atom. The molecule has 5 rings (SSSR count). The number of benzene rings is 3. The molecule has 0 unspecified atom stereocenters. The third-order valence-electron chi connectivity index (χ3n) is 4.75. The van der Waals surface area contributed by atoms with Gasteiger partial charge in [-0.2, -0.15) is 0 Å². The van der Waals surface area contributed by atoms with Crippen LogP contribution in [0.5, 0.6) is 0 Å². The molecule has 1 amide bonds. The van der Waals surface area contributed by atoms with E-state index in [1.807, 2.05) is 12.1 Å². The van der Waals surface area contributed by atoms with Crippen molar-refractivity contribution in [1.82, 2.24) is 4.98 Å². The van der Waals surface area contributed by atoms with Gasteiger partial charge in [0.2, 0.25) is 5.89 Å². The predicted octanol–water partition coefficient (Wildman–Crippen LogP) is 7.97. The number of hydrogen-bond acceptors (Lipinski definition) is 4. The van der Waals surface area contributed by atoms with E-state index in [9.17, 15) is 4.79 Å². The van der Waals surface area contributed by atoms with Crippen molar-refractivity contribution in [3.05, 3.63) is 93.6 Å². The van der Waals surface area contributed by atoms with E-state index in [0.29, 0.717) is 49.1 Å². The summed E-state index contributed by atoms with van der Waals surface area (Å²) in [5.41, 5.74) is 3.06. The Balaban J connectivity index is 1.41. The lowest BCUT2D eigenvalue weighted by Gasteiger charge is -2.07. The van der Waals surface area contributed by atoms with Crippen molar-refractivity contribution < 1.29 is 13.6 Å². The molecule has 2 aromatic heterocycles. The summed E-state index contributed by atoms with van der Waals surface area (Å²) in [6, 6.07) is 20.8. The van der Waals surface area contributed by atoms with E-state index in [-0.39, 0.29) is 5.76 Å². The number of anilines is 1. The molecule has 0 spiro atoms. The van der Waals surface area contributed by atoms with Gasteiger partial charge in [0, 0.05) is 21.2 Å². The molecule has 1 N–H and O–H groups in total. The summed E-state index contributed by atoms with van der Waals surface area (Å²) >= 11 is 18.4. The number of oxazole rings is 1. The molecule has 0 bridgehead atoms. The van der Waals surface area contributed by atoms with Gasteiger partial charge >= 0.3 is 0 Å². The number of rotatable bonds is 4. The monoisotopic (exact) mass is 482 g/mol.